The summed E-state index contributed by atoms with van der Waals surface area (Å²) in [5.74, 6) is -0.275. The Bertz CT molecular complexity index is 410. The van der Waals surface area contributed by atoms with E-state index in [-0.39, 0.29) is 5.97 Å². The summed E-state index contributed by atoms with van der Waals surface area (Å²) in [4.78, 5) is 14.0. The Morgan fingerprint density at radius 1 is 1.47 bits per heavy atom. The van der Waals surface area contributed by atoms with Crippen LogP contribution in [-0.4, -0.2) is 44.7 Å². The minimum atomic E-state index is -0.474. The van der Waals surface area contributed by atoms with Crippen molar-refractivity contribution in [3.05, 3.63) is 34.9 Å². The highest BCUT2D eigenvalue weighted by Gasteiger charge is 2.21. The molecule has 0 heterocycles. The third-order valence-electron chi connectivity index (χ3n) is 2.61. The number of hydrogen-bond donors (Lipinski definition) is 1. The van der Waals surface area contributed by atoms with Crippen LogP contribution in [0.5, 0.6) is 0 Å². The lowest BCUT2D eigenvalue weighted by atomic mass is 10.1. The van der Waals surface area contributed by atoms with Gasteiger partial charge in [0.25, 0.3) is 0 Å². The lowest BCUT2D eigenvalue weighted by molar-refractivity contribution is -0.145. The number of halogens is 1. The molecule has 19 heavy (non-hydrogen) atoms. The minimum absolute atomic E-state index is 0.275. The first-order valence-corrected chi connectivity index (χ1v) is 6.72. The molecule has 0 saturated carbocycles. The van der Waals surface area contributed by atoms with Crippen LogP contribution in [0.4, 0.5) is 0 Å². The highest BCUT2D eigenvalue weighted by Crippen LogP contribution is 2.19. The van der Waals surface area contributed by atoms with Crippen LogP contribution in [0.25, 0.3) is 0 Å². The van der Waals surface area contributed by atoms with E-state index in [1.165, 1.54) is 0 Å². The van der Waals surface area contributed by atoms with Crippen LogP contribution < -0.4 is 5.32 Å². The molecule has 0 amide bonds. The summed E-state index contributed by atoms with van der Waals surface area (Å²) in [6, 6.07) is 6.80. The molecular weight excluding hydrogens is 264 g/mol. The molecule has 0 bridgehead atoms. The molecule has 1 aromatic rings. The fourth-order valence-electron chi connectivity index (χ4n) is 1.68. The van der Waals surface area contributed by atoms with Crippen molar-refractivity contribution in [3.63, 3.8) is 0 Å². The number of carbonyl (C=O) groups excluding carboxylic acids is 1. The average Bonchev–Trinajstić information content (AvgIpc) is 2.34. The van der Waals surface area contributed by atoms with Gasteiger partial charge in [-0.1, -0.05) is 23.7 Å². The van der Waals surface area contributed by atoms with Crippen LogP contribution in [0.2, 0.25) is 5.02 Å². The topological polar surface area (TPSA) is 41.6 Å². The molecule has 0 fully saturated rings. The second kappa shape index (κ2) is 8.15. The van der Waals surface area contributed by atoms with Gasteiger partial charge in [-0.2, -0.15) is 0 Å². The minimum Gasteiger partial charge on any atom is -0.465 e. The molecule has 5 heteroatoms. The van der Waals surface area contributed by atoms with Crippen molar-refractivity contribution in [2.75, 3.05) is 33.8 Å². The van der Waals surface area contributed by atoms with Gasteiger partial charge in [-0.15, -0.1) is 0 Å². The number of esters is 1. The Kier molecular flexibility index (Phi) is 6.84. The van der Waals surface area contributed by atoms with Crippen LogP contribution in [0, 0.1) is 0 Å². The Morgan fingerprint density at radius 3 is 2.79 bits per heavy atom. The van der Waals surface area contributed by atoms with E-state index in [9.17, 15) is 4.79 Å². The van der Waals surface area contributed by atoms with Crippen molar-refractivity contribution < 1.29 is 9.53 Å². The maximum absolute atomic E-state index is 12.0. The second-order valence-corrected chi connectivity index (χ2v) is 4.93. The molecule has 1 aromatic carbocycles. The standard InChI is InChI=1S/C14H21ClN2O2/c1-4-19-14(18)13(16-8-9-17(2)3)11-6-5-7-12(15)10-11/h5-7,10,13,16H,4,8-9H2,1-3H3. The number of nitrogens with zero attached hydrogens (tertiary/aromatic N) is 1. The van der Waals surface area contributed by atoms with E-state index in [0.29, 0.717) is 18.2 Å². The van der Waals surface area contributed by atoms with Gasteiger partial charge in [0.1, 0.15) is 6.04 Å². The van der Waals surface area contributed by atoms with E-state index >= 15 is 0 Å². The Morgan fingerprint density at radius 2 is 2.21 bits per heavy atom. The Balaban J connectivity index is 2.77. The van der Waals surface area contributed by atoms with Crippen LogP contribution >= 0.6 is 11.6 Å². The zero-order valence-corrected chi connectivity index (χ0v) is 12.4. The number of rotatable bonds is 7. The van der Waals surface area contributed by atoms with Gasteiger partial charge in [-0.25, -0.2) is 4.79 Å². The number of hydrogen-bond acceptors (Lipinski definition) is 4. The van der Waals surface area contributed by atoms with Crippen molar-refractivity contribution in [1.82, 2.24) is 10.2 Å². The van der Waals surface area contributed by atoms with E-state index in [1.807, 2.05) is 31.1 Å². The summed E-state index contributed by atoms with van der Waals surface area (Å²) < 4.78 is 5.10. The molecule has 0 aliphatic rings. The molecule has 0 spiro atoms. The van der Waals surface area contributed by atoms with E-state index in [1.54, 1.807) is 19.1 Å². The third kappa shape index (κ3) is 5.59. The summed E-state index contributed by atoms with van der Waals surface area (Å²) in [5, 5.41) is 3.82. The molecule has 0 aromatic heterocycles. The highest BCUT2D eigenvalue weighted by molar-refractivity contribution is 6.30. The predicted octanol–water partition coefficient (Wildman–Crippen LogP) is 2.10. The lowest BCUT2D eigenvalue weighted by Crippen LogP contribution is -2.35. The first-order chi connectivity index (χ1) is 9.04. The third-order valence-corrected chi connectivity index (χ3v) is 2.85. The fraction of sp³-hybridized carbons (Fsp3) is 0.500. The number of ether oxygens (including phenoxy) is 1. The van der Waals surface area contributed by atoms with Gasteiger partial charge in [-0.3, -0.25) is 5.32 Å². The zero-order valence-electron chi connectivity index (χ0n) is 11.6. The van der Waals surface area contributed by atoms with E-state index in [2.05, 4.69) is 5.32 Å². The zero-order chi connectivity index (χ0) is 14.3. The highest BCUT2D eigenvalue weighted by atomic mass is 35.5. The van der Waals surface area contributed by atoms with E-state index in [4.69, 9.17) is 16.3 Å². The molecule has 0 aliphatic carbocycles. The molecule has 1 atom stereocenters. The van der Waals surface area contributed by atoms with Gasteiger partial charge < -0.3 is 9.64 Å². The number of likely N-dealkylation sites (N-methyl/N-ethyl adjacent to an activating group) is 1. The number of benzene rings is 1. The summed E-state index contributed by atoms with van der Waals surface area (Å²) >= 11 is 5.97. The molecule has 1 unspecified atom stereocenters. The number of nitrogens with one attached hydrogen (secondary N) is 1. The summed E-state index contributed by atoms with van der Waals surface area (Å²) in [6.45, 7) is 3.71. The number of carbonyl (C=O) groups is 1. The summed E-state index contributed by atoms with van der Waals surface area (Å²) in [5.41, 5.74) is 0.824. The maximum atomic E-state index is 12.0. The van der Waals surface area contributed by atoms with Crippen LogP contribution in [0.15, 0.2) is 24.3 Å². The van der Waals surface area contributed by atoms with Crippen LogP contribution in [-0.2, 0) is 9.53 Å². The second-order valence-electron chi connectivity index (χ2n) is 4.50. The smallest absolute Gasteiger partial charge is 0.327 e. The normalized spacial score (nSPS) is 12.5. The monoisotopic (exact) mass is 284 g/mol. The van der Waals surface area contributed by atoms with Gasteiger partial charge in [0.2, 0.25) is 0 Å². The molecule has 1 N–H and O–H groups in total. The summed E-state index contributed by atoms with van der Waals surface area (Å²) in [7, 11) is 3.97. The summed E-state index contributed by atoms with van der Waals surface area (Å²) in [6.07, 6.45) is 0. The van der Waals surface area contributed by atoms with Crippen molar-refractivity contribution >= 4 is 17.6 Å². The molecule has 1 rings (SSSR count). The molecule has 4 nitrogen and oxygen atoms in total. The van der Waals surface area contributed by atoms with Gasteiger partial charge in [-0.05, 0) is 38.7 Å². The Hall–Kier alpha value is -1.10. The fourth-order valence-corrected chi connectivity index (χ4v) is 1.88. The van der Waals surface area contributed by atoms with Gasteiger partial charge in [0, 0.05) is 18.1 Å². The van der Waals surface area contributed by atoms with Crippen LogP contribution in [0.1, 0.15) is 18.5 Å². The van der Waals surface area contributed by atoms with E-state index in [0.717, 1.165) is 12.1 Å². The largest absolute Gasteiger partial charge is 0.465 e. The van der Waals surface area contributed by atoms with Gasteiger partial charge >= 0.3 is 5.97 Å². The Labute approximate surface area is 119 Å². The molecular formula is C14H21ClN2O2. The lowest BCUT2D eigenvalue weighted by Gasteiger charge is -2.19. The van der Waals surface area contributed by atoms with Gasteiger partial charge in [0.05, 0.1) is 6.61 Å². The maximum Gasteiger partial charge on any atom is 0.327 e. The van der Waals surface area contributed by atoms with Crippen molar-refractivity contribution in [3.8, 4) is 0 Å². The van der Waals surface area contributed by atoms with E-state index < -0.39 is 6.04 Å². The first-order valence-electron chi connectivity index (χ1n) is 6.34. The van der Waals surface area contributed by atoms with Crippen molar-refractivity contribution in [2.24, 2.45) is 0 Å². The first kappa shape index (κ1) is 16.0. The SMILES string of the molecule is CCOC(=O)C(NCCN(C)C)c1cccc(Cl)c1. The van der Waals surface area contributed by atoms with Crippen molar-refractivity contribution in [1.29, 1.82) is 0 Å². The van der Waals surface area contributed by atoms with Crippen molar-refractivity contribution in [2.45, 2.75) is 13.0 Å². The molecule has 106 valence electrons. The van der Waals surface area contributed by atoms with Gasteiger partial charge in [0.15, 0.2) is 0 Å². The quantitative estimate of drug-likeness (QED) is 0.779. The molecule has 0 saturated heterocycles. The molecule has 0 radical (unpaired) electrons. The predicted molar refractivity (Wildman–Crippen MR) is 77.4 cm³/mol. The average molecular weight is 285 g/mol. The molecule has 0 aliphatic heterocycles. The van der Waals surface area contributed by atoms with Crippen LogP contribution in [0.3, 0.4) is 0 Å².